The highest BCUT2D eigenvalue weighted by molar-refractivity contribution is 5.88. The van der Waals surface area contributed by atoms with Gasteiger partial charge in [-0.2, -0.15) is 0 Å². The van der Waals surface area contributed by atoms with Crippen LogP contribution in [0.3, 0.4) is 0 Å². The predicted octanol–water partition coefficient (Wildman–Crippen LogP) is 2.12. The quantitative estimate of drug-likeness (QED) is 0.897. The van der Waals surface area contributed by atoms with Crippen molar-refractivity contribution in [2.75, 3.05) is 20.2 Å². The minimum Gasteiger partial charge on any atom is -0.507 e. The molecule has 1 aliphatic rings. The number of benzene rings is 2. The van der Waals surface area contributed by atoms with Gasteiger partial charge in [-0.25, -0.2) is 0 Å². The number of nitrogens with one attached hydrogen (secondary N) is 1. The molecule has 3 heteroatoms. The maximum atomic E-state index is 10.2. The van der Waals surface area contributed by atoms with Crippen molar-refractivity contribution in [3.05, 3.63) is 35.9 Å². The van der Waals surface area contributed by atoms with Crippen molar-refractivity contribution in [2.45, 2.75) is 25.8 Å². The summed E-state index contributed by atoms with van der Waals surface area (Å²) in [4.78, 5) is 1.57. The molecule has 0 spiro atoms. The number of hydrogen-bond acceptors (Lipinski definition) is 2. The number of aromatic hydroxyl groups is 1. The van der Waals surface area contributed by atoms with E-state index >= 15 is 0 Å². The number of piperidine rings is 1. The molecule has 0 unspecified atom stereocenters. The molecule has 1 fully saturated rings. The number of methoxy groups -OCH3 is 1. The number of likely N-dealkylation sites (tertiary alicyclic amines) is 1. The Morgan fingerprint density at radius 3 is 2.60 bits per heavy atom. The molecular weight excluding hydrogens is 250 g/mol. The van der Waals surface area contributed by atoms with Crippen molar-refractivity contribution in [3.8, 4) is 11.5 Å². The van der Waals surface area contributed by atoms with Crippen LogP contribution in [-0.4, -0.2) is 25.3 Å². The summed E-state index contributed by atoms with van der Waals surface area (Å²) in [7, 11) is 1.68. The van der Waals surface area contributed by atoms with Crippen LogP contribution in [0.15, 0.2) is 30.3 Å². The average Bonchev–Trinajstić information content (AvgIpc) is 2.51. The van der Waals surface area contributed by atoms with Crippen LogP contribution >= 0.6 is 0 Å². The highest BCUT2D eigenvalue weighted by Crippen LogP contribution is 2.29. The zero-order valence-corrected chi connectivity index (χ0v) is 12.0. The summed E-state index contributed by atoms with van der Waals surface area (Å²) in [6.45, 7) is 3.32. The second kappa shape index (κ2) is 5.71. The Hall–Kier alpha value is -1.74. The van der Waals surface area contributed by atoms with Crippen molar-refractivity contribution in [1.29, 1.82) is 0 Å². The smallest absolute Gasteiger partial charge is 0.125 e. The monoisotopic (exact) mass is 272 g/mol. The summed E-state index contributed by atoms with van der Waals surface area (Å²) in [5.74, 6) is 1.25. The van der Waals surface area contributed by atoms with E-state index in [4.69, 9.17) is 4.74 Å². The standard InChI is InChI=1S/C17H21NO2/c1-20-14-7-5-13-6-8-17(19)16(15(13)11-14)12-18-9-3-2-4-10-18/h5-8,11,19H,2-4,9-10,12H2,1H3/p+1. The third kappa shape index (κ3) is 2.59. The van der Waals surface area contributed by atoms with Gasteiger partial charge in [0.25, 0.3) is 0 Å². The molecule has 3 nitrogen and oxygen atoms in total. The van der Waals surface area contributed by atoms with Crippen LogP contribution in [-0.2, 0) is 6.54 Å². The van der Waals surface area contributed by atoms with Crippen LogP contribution in [0.1, 0.15) is 24.8 Å². The van der Waals surface area contributed by atoms with Gasteiger partial charge in [0.05, 0.1) is 25.8 Å². The Kier molecular flexibility index (Phi) is 3.79. The summed E-state index contributed by atoms with van der Waals surface area (Å²) in [5.41, 5.74) is 1.05. The maximum Gasteiger partial charge on any atom is 0.125 e. The SMILES string of the molecule is COc1ccc2ccc(O)c(C[NH+]3CCCCC3)c2c1. The van der Waals surface area contributed by atoms with Gasteiger partial charge >= 0.3 is 0 Å². The van der Waals surface area contributed by atoms with Crippen molar-refractivity contribution in [3.63, 3.8) is 0 Å². The molecule has 1 saturated heterocycles. The molecule has 3 rings (SSSR count). The lowest BCUT2D eigenvalue weighted by Crippen LogP contribution is -3.11. The molecule has 0 aromatic heterocycles. The zero-order valence-electron chi connectivity index (χ0n) is 12.0. The molecule has 0 amide bonds. The molecule has 1 aliphatic heterocycles. The van der Waals surface area contributed by atoms with E-state index in [0.717, 1.165) is 28.6 Å². The topological polar surface area (TPSA) is 33.9 Å². The van der Waals surface area contributed by atoms with Crippen molar-refractivity contribution in [2.24, 2.45) is 0 Å². The summed E-state index contributed by atoms with van der Waals surface area (Å²) >= 11 is 0. The Bertz CT molecular complexity index is 603. The van der Waals surface area contributed by atoms with E-state index in [9.17, 15) is 5.11 Å². The molecular formula is C17H22NO2+. The highest BCUT2D eigenvalue weighted by atomic mass is 16.5. The van der Waals surface area contributed by atoms with Gasteiger partial charge in [-0.15, -0.1) is 0 Å². The molecule has 0 atom stereocenters. The fraction of sp³-hybridized carbons (Fsp3) is 0.412. The molecule has 0 saturated carbocycles. The van der Waals surface area contributed by atoms with E-state index in [-0.39, 0.29) is 0 Å². The van der Waals surface area contributed by atoms with Crippen LogP contribution in [0.2, 0.25) is 0 Å². The maximum absolute atomic E-state index is 10.2. The number of rotatable bonds is 3. The number of hydrogen-bond donors (Lipinski definition) is 2. The lowest BCUT2D eigenvalue weighted by Gasteiger charge is -2.24. The van der Waals surface area contributed by atoms with E-state index in [1.54, 1.807) is 12.0 Å². The fourth-order valence-electron chi connectivity index (χ4n) is 3.14. The Morgan fingerprint density at radius 1 is 1.10 bits per heavy atom. The first-order valence-corrected chi connectivity index (χ1v) is 7.40. The molecule has 0 aliphatic carbocycles. The first-order valence-electron chi connectivity index (χ1n) is 7.40. The highest BCUT2D eigenvalue weighted by Gasteiger charge is 2.18. The predicted molar refractivity (Wildman–Crippen MR) is 80.4 cm³/mol. The molecule has 0 radical (unpaired) electrons. The molecule has 106 valence electrons. The summed E-state index contributed by atoms with van der Waals surface area (Å²) in [5, 5.41) is 12.5. The fourth-order valence-corrected chi connectivity index (χ4v) is 3.14. The van der Waals surface area contributed by atoms with Gasteiger partial charge in [0.1, 0.15) is 18.0 Å². The van der Waals surface area contributed by atoms with Gasteiger partial charge in [0, 0.05) is 0 Å². The molecule has 2 aromatic rings. The summed E-state index contributed by atoms with van der Waals surface area (Å²) < 4.78 is 5.32. The second-order valence-electron chi connectivity index (χ2n) is 5.64. The van der Waals surface area contributed by atoms with Crippen molar-refractivity contribution >= 4 is 10.8 Å². The normalized spacial score (nSPS) is 16.4. The summed E-state index contributed by atoms with van der Waals surface area (Å²) in [6.07, 6.45) is 3.94. The molecule has 2 aromatic carbocycles. The largest absolute Gasteiger partial charge is 0.507 e. The molecule has 20 heavy (non-hydrogen) atoms. The Labute approximate surface area is 119 Å². The van der Waals surface area contributed by atoms with E-state index in [0.29, 0.717) is 5.75 Å². The minimum absolute atomic E-state index is 0.406. The number of phenolic OH excluding ortho intramolecular Hbond substituents is 1. The first kappa shape index (κ1) is 13.3. The third-order valence-electron chi connectivity index (χ3n) is 4.30. The number of fused-ring (bicyclic) bond motifs is 1. The van der Waals surface area contributed by atoms with Gasteiger partial charge in [0.2, 0.25) is 0 Å². The van der Waals surface area contributed by atoms with Gasteiger partial charge in [0.15, 0.2) is 0 Å². The second-order valence-corrected chi connectivity index (χ2v) is 5.64. The lowest BCUT2D eigenvalue weighted by molar-refractivity contribution is -0.918. The zero-order chi connectivity index (χ0) is 13.9. The van der Waals surface area contributed by atoms with Crippen LogP contribution in [0, 0.1) is 0 Å². The number of ether oxygens (including phenoxy) is 1. The first-order chi connectivity index (χ1) is 9.78. The molecule has 0 bridgehead atoms. The number of phenols is 1. The van der Waals surface area contributed by atoms with Crippen LogP contribution < -0.4 is 9.64 Å². The molecule has 1 heterocycles. The average molecular weight is 272 g/mol. The van der Waals surface area contributed by atoms with Crippen molar-refractivity contribution < 1.29 is 14.7 Å². The number of quaternary nitrogens is 1. The van der Waals surface area contributed by atoms with E-state index in [2.05, 4.69) is 6.07 Å². The van der Waals surface area contributed by atoms with Crippen LogP contribution in [0.4, 0.5) is 0 Å². The Morgan fingerprint density at radius 2 is 1.85 bits per heavy atom. The lowest BCUT2D eigenvalue weighted by atomic mass is 10.0. The van der Waals surface area contributed by atoms with E-state index in [1.165, 1.54) is 32.4 Å². The summed E-state index contributed by atoms with van der Waals surface area (Å²) in [6, 6.07) is 9.85. The van der Waals surface area contributed by atoms with Gasteiger partial charge in [-0.1, -0.05) is 12.1 Å². The third-order valence-corrected chi connectivity index (χ3v) is 4.30. The van der Waals surface area contributed by atoms with Gasteiger partial charge in [-0.3, -0.25) is 0 Å². The van der Waals surface area contributed by atoms with Crippen LogP contribution in [0.25, 0.3) is 10.8 Å². The minimum atomic E-state index is 0.406. The van der Waals surface area contributed by atoms with E-state index < -0.39 is 0 Å². The Balaban J connectivity index is 2.00. The van der Waals surface area contributed by atoms with Crippen LogP contribution in [0.5, 0.6) is 11.5 Å². The van der Waals surface area contributed by atoms with Crippen molar-refractivity contribution in [1.82, 2.24) is 0 Å². The molecule has 2 N–H and O–H groups in total. The van der Waals surface area contributed by atoms with Gasteiger partial charge < -0.3 is 14.7 Å². The van der Waals surface area contributed by atoms with E-state index in [1.807, 2.05) is 24.3 Å². The van der Waals surface area contributed by atoms with Gasteiger partial charge in [-0.05, 0) is 48.2 Å².